The number of hydrogen-bond donors (Lipinski definition) is 2. The highest BCUT2D eigenvalue weighted by molar-refractivity contribution is 5.40. The van der Waals surface area contributed by atoms with E-state index in [1.807, 2.05) is 0 Å². The van der Waals surface area contributed by atoms with Crippen molar-refractivity contribution in [1.82, 2.24) is 5.32 Å². The Labute approximate surface area is 104 Å². The third-order valence-electron chi connectivity index (χ3n) is 4.14. The standard InChI is InChI=1S/C15H23NO/c1-3-15(2,11-17)10-16-9-13-8-12-6-4-5-7-14(12)13/h4-7,13,16-17H,3,8-11H2,1-2H3. The average Bonchev–Trinajstić information content (AvgIpc) is 2.34. The Hall–Kier alpha value is -0.860. The van der Waals surface area contributed by atoms with Gasteiger partial charge in [0.2, 0.25) is 0 Å². The van der Waals surface area contributed by atoms with E-state index in [0.29, 0.717) is 5.92 Å². The number of rotatable bonds is 6. The minimum absolute atomic E-state index is 0.0310. The van der Waals surface area contributed by atoms with Crippen molar-refractivity contribution in [1.29, 1.82) is 0 Å². The van der Waals surface area contributed by atoms with Crippen molar-refractivity contribution in [3.63, 3.8) is 0 Å². The Balaban J connectivity index is 1.78. The van der Waals surface area contributed by atoms with Gasteiger partial charge in [0.05, 0.1) is 0 Å². The van der Waals surface area contributed by atoms with E-state index in [9.17, 15) is 5.11 Å². The van der Waals surface area contributed by atoms with E-state index >= 15 is 0 Å². The van der Waals surface area contributed by atoms with E-state index in [-0.39, 0.29) is 12.0 Å². The van der Waals surface area contributed by atoms with Crippen molar-refractivity contribution >= 4 is 0 Å². The summed E-state index contributed by atoms with van der Waals surface area (Å²) in [5, 5.41) is 12.9. The molecule has 94 valence electrons. The summed E-state index contributed by atoms with van der Waals surface area (Å²) in [5.74, 6) is 0.672. The van der Waals surface area contributed by atoms with Crippen molar-refractivity contribution < 1.29 is 5.11 Å². The van der Waals surface area contributed by atoms with Crippen LogP contribution in [-0.2, 0) is 6.42 Å². The van der Waals surface area contributed by atoms with Crippen molar-refractivity contribution in [3.05, 3.63) is 35.4 Å². The van der Waals surface area contributed by atoms with Crippen LogP contribution in [0.5, 0.6) is 0 Å². The topological polar surface area (TPSA) is 32.3 Å². The summed E-state index contributed by atoms with van der Waals surface area (Å²) >= 11 is 0. The van der Waals surface area contributed by atoms with Gasteiger partial charge >= 0.3 is 0 Å². The Bertz CT molecular complexity index is 371. The zero-order valence-corrected chi connectivity index (χ0v) is 10.9. The Morgan fingerprint density at radius 3 is 2.82 bits per heavy atom. The highest BCUT2D eigenvalue weighted by Gasteiger charge is 2.26. The van der Waals surface area contributed by atoms with Crippen LogP contribution in [0.1, 0.15) is 37.3 Å². The van der Waals surface area contributed by atoms with E-state index < -0.39 is 0 Å². The predicted octanol–water partition coefficient (Wildman–Crippen LogP) is 2.32. The molecule has 2 unspecified atom stereocenters. The van der Waals surface area contributed by atoms with E-state index in [1.54, 1.807) is 0 Å². The van der Waals surface area contributed by atoms with Crippen molar-refractivity contribution in [3.8, 4) is 0 Å². The number of aliphatic hydroxyl groups is 1. The van der Waals surface area contributed by atoms with Crippen LogP contribution in [0.25, 0.3) is 0 Å². The van der Waals surface area contributed by atoms with E-state index in [0.717, 1.165) is 19.5 Å². The highest BCUT2D eigenvalue weighted by Crippen LogP contribution is 2.34. The Morgan fingerprint density at radius 1 is 1.41 bits per heavy atom. The van der Waals surface area contributed by atoms with Gasteiger partial charge in [0.15, 0.2) is 0 Å². The molecule has 1 aliphatic rings. The van der Waals surface area contributed by atoms with E-state index in [1.165, 1.54) is 17.5 Å². The number of hydrogen-bond acceptors (Lipinski definition) is 2. The molecule has 17 heavy (non-hydrogen) atoms. The quantitative estimate of drug-likeness (QED) is 0.790. The molecule has 0 saturated carbocycles. The molecular formula is C15H23NO. The lowest BCUT2D eigenvalue weighted by atomic mass is 9.77. The fourth-order valence-corrected chi connectivity index (χ4v) is 2.39. The molecule has 2 heteroatoms. The molecular weight excluding hydrogens is 210 g/mol. The van der Waals surface area contributed by atoms with Gasteiger partial charge < -0.3 is 10.4 Å². The fraction of sp³-hybridized carbons (Fsp3) is 0.600. The molecule has 1 aliphatic carbocycles. The molecule has 0 fully saturated rings. The molecule has 0 bridgehead atoms. The molecule has 0 amide bonds. The summed E-state index contributed by atoms with van der Waals surface area (Å²) < 4.78 is 0. The lowest BCUT2D eigenvalue weighted by Gasteiger charge is -2.32. The molecule has 0 radical (unpaired) electrons. The zero-order valence-electron chi connectivity index (χ0n) is 10.9. The first kappa shape index (κ1) is 12.6. The van der Waals surface area contributed by atoms with Crippen LogP contribution in [0.2, 0.25) is 0 Å². The summed E-state index contributed by atoms with van der Waals surface area (Å²) in [4.78, 5) is 0. The maximum Gasteiger partial charge on any atom is 0.0496 e. The first-order valence-corrected chi connectivity index (χ1v) is 6.58. The monoisotopic (exact) mass is 233 g/mol. The normalized spacial score (nSPS) is 21.5. The second-order valence-electron chi connectivity index (χ2n) is 5.55. The number of aliphatic hydroxyl groups excluding tert-OH is 1. The molecule has 2 atom stereocenters. The summed E-state index contributed by atoms with van der Waals surface area (Å²) in [6.07, 6.45) is 2.21. The number of fused-ring (bicyclic) bond motifs is 1. The molecule has 0 saturated heterocycles. The number of nitrogens with one attached hydrogen (secondary N) is 1. The maximum atomic E-state index is 9.34. The third-order valence-corrected chi connectivity index (χ3v) is 4.14. The molecule has 1 aromatic carbocycles. The van der Waals surface area contributed by atoms with E-state index in [4.69, 9.17) is 0 Å². The Kier molecular flexibility index (Phi) is 3.85. The van der Waals surface area contributed by atoms with Gasteiger partial charge in [0, 0.05) is 31.0 Å². The SMILES string of the molecule is CCC(C)(CO)CNCC1Cc2ccccc21. The average molecular weight is 233 g/mol. The summed E-state index contributed by atoms with van der Waals surface area (Å²) in [5.41, 5.74) is 3.03. The minimum Gasteiger partial charge on any atom is -0.396 e. The van der Waals surface area contributed by atoms with Gasteiger partial charge in [-0.05, 0) is 24.0 Å². The Morgan fingerprint density at radius 2 is 2.18 bits per heavy atom. The summed E-state index contributed by atoms with van der Waals surface area (Å²) in [6.45, 7) is 6.47. The molecule has 0 spiro atoms. The summed E-state index contributed by atoms with van der Waals surface area (Å²) in [6, 6.07) is 8.68. The first-order valence-electron chi connectivity index (χ1n) is 6.58. The van der Waals surface area contributed by atoms with Gasteiger partial charge in [-0.15, -0.1) is 0 Å². The zero-order chi connectivity index (χ0) is 12.3. The lowest BCUT2D eigenvalue weighted by Crippen LogP contribution is -2.38. The van der Waals surface area contributed by atoms with Gasteiger partial charge in [-0.1, -0.05) is 38.1 Å². The molecule has 2 N–H and O–H groups in total. The van der Waals surface area contributed by atoms with Gasteiger partial charge in [-0.3, -0.25) is 0 Å². The van der Waals surface area contributed by atoms with Crippen molar-refractivity contribution in [2.45, 2.75) is 32.6 Å². The second kappa shape index (κ2) is 5.19. The number of benzene rings is 1. The lowest BCUT2D eigenvalue weighted by molar-refractivity contribution is 0.135. The maximum absolute atomic E-state index is 9.34. The molecule has 0 aromatic heterocycles. The van der Waals surface area contributed by atoms with Crippen LogP contribution in [0.4, 0.5) is 0 Å². The smallest absolute Gasteiger partial charge is 0.0496 e. The van der Waals surface area contributed by atoms with Crippen LogP contribution in [0.3, 0.4) is 0 Å². The summed E-state index contributed by atoms with van der Waals surface area (Å²) in [7, 11) is 0. The van der Waals surface area contributed by atoms with Gasteiger partial charge in [0.25, 0.3) is 0 Å². The highest BCUT2D eigenvalue weighted by atomic mass is 16.3. The van der Waals surface area contributed by atoms with Crippen LogP contribution >= 0.6 is 0 Å². The van der Waals surface area contributed by atoms with E-state index in [2.05, 4.69) is 43.4 Å². The van der Waals surface area contributed by atoms with Gasteiger partial charge in [0.1, 0.15) is 0 Å². The van der Waals surface area contributed by atoms with Crippen LogP contribution < -0.4 is 5.32 Å². The van der Waals surface area contributed by atoms with Crippen molar-refractivity contribution in [2.24, 2.45) is 5.41 Å². The predicted molar refractivity (Wildman–Crippen MR) is 71.2 cm³/mol. The van der Waals surface area contributed by atoms with Crippen LogP contribution in [-0.4, -0.2) is 24.8 Å². The molecule has 1 aromatic rings. The molecule has 2 nitrogen and oxygen atoms in total. The van der Waals surface area contributed by atoms with Gasteiger partial charge in [-0.25, -0.2) is 0 Å². The first-order chi connectivity index (χ1) is 8.18. The molecule has 0 aliphatic heterocycles. The van der Waals surface area contributed by atoms with Crippen LogP contribution in [0.15, 0.2) is 24.3 Å². The minimum atomic E-state index is 0.0310. The second-order valence-corrected chi connectivity index (χ2v) is 5.55. The van der Waals surface area contributed by atoms with Crippen LogP contribution in [0, 0.1) is 5.41 Å². The van der Waals surface area contributed by atoms with Crippen molar-refractivity contribution in [2.75, 3.05) is 19.7 Å². The van der Waals surface area contributed by atoms with Gasteiger partial charge in [-0.2, -0.15) is 0 Å². The molecule has 0 heterocycles. The third kappa shape index (κ3) is 2.70. The molecule has 2 rings (SSSR count). The largest absolute Gasteiger partial charge is 0.396 e. The fourth-order valence-electron chi connectivity index (χ4n) is 2.39.